The van der Waals surface area contributed by atoms with Crippen molar-refractivity contribution in [3.63, 3.8) is 0 Å². The summed E-state index contributed by atoms with van der Waals surface area (Å²) in [7, 11) is 0. The van der Waals surface area contributed by atoms with Crippen molar-refractivity contribution in [2.75, 3.05) is 11.9 Å². The summed E-state index contributed by atoms with van der Waals surface area (Å²) in [5.41, 5.74) is 0.269. The van der Waals surface area contributed by atoms with E-state index in [0.29, 0.717) is 0 Å². The number of rotatable bonds is 4. The standard InChI is InChI=1S/C10H6ClF3N4O2S/c11-9-18-17-8(21-9)7(19)16-5-1-2-6(15-3-5)20-4-10(12,13)14/h1-3H,4H2,(H,16,19). The molecule has 6 nitrogen and oxygen atoms in total. The first kappa shape index (κ1) is 15.4. The van der Waals surface area contributed by atoms with Crippen LogP contribution < -0.4 is 10.1 Å². The zero-order chi connectivity index (χ0) is 15.5. The Bertz CT molecular complexity index is 632. The summed E-state index contributed by atoms with van der Waals surface area (Å²) in [6.07, 6.45) is -3.28. The highest BCUT2D eigenvalue weighted by molar-refractivity contribution is 7.17. The lowest BCUT2D eigenvalue weighted by molar-refractivity contribution is -0.154. The molecule has 2 aromatic rings. The number of nitrogens with one attached hydrogen (secondary N) is 1. The van der Waals surface area contributed by atoms with Gasteiger partial charge < -0.3 is 10.1 Å². The van der Waals surface area contributed by atoms with E-state index in [1.165, 1.54) is 12.1 Å². The van der Waals surface area contributed by atoms with Gasteiger partial charge in [-0.2, -0.15) is 13.2 Å². The minimum Gasteiger partial charge on any atom is -0.468 e. The first-order chi connectivity index (χ1) is 9.83. The molecule has 0 radical (unpaired) electrons. The Morgan fingerprint density at radius 1 is 1.38 bits per heavy atom. The molecular weight excluding hydrogens is 333 g/mol. The van der Waals surface area contributed by atoms with Gasteiger partial charge >= 0.3 is 6.18 Å². The molecule has 0 spiro atoms. The van der Waals surface area contributed by atoms with Crippen LogP contribution in [0.1, 0.15) is 9.80 Å². The van der Waals surface area contributed by atoms with Crippen LogP contribution in [0.25, 0.3) is 0 Å². The molecule has 11 heteroatoms. The number of carbonyl (C=O) groups is 1. The van der Waals surface area contributed by atoms with Crippen molar-refractivity contribution < 1.29 is 22.7 Å². The topological polar surface area (TPSA) is 77.0 Å². The van der Waals surface area contributed by atoms with E-state index >= 15 is 0 Å². The number of anilines is 1. The summed E-state index contributed by atoms with van der Waals surface area (Å²) in [6.45, 7) is -1.44. The van der Waals surface area contributed by atoms with Crippen LogP contribution in [-0.2, 0) is 0 Å². The number of pyridine rings is 1. The van der Waals surface area contributed by atoms with Crippen molar-refractivity contribution in [1.29, 1.82) is 0 Å². The van der Waals surface area contributed by atoms with Gasteiger partial charge in [-0.25, -0.2) is 4.98 Å². The summed E-state index contributed by atoms with van der Waals surface area (Å²) >= 11 is 6.43. The van der Waals surface area contributed by atoms with Crippen molar-refractivity contribution in [2.45, 2.75) is 6.18 Å². The number of carbonyl (C=O) groups excluding carboxylic acids is 1. The highest BCUT2D eigenvalue weighted by Gasteiger charge is 2.28. The molecular formula is C10H6ClF3N4O2S. The van der Waals surface area contributed by atoms with Crippen LogP contribution in [0, 0.1) is 0 Å². The van der Waals surface area contributed by atoms with Gasteiger partial charge in [0, 0.05) is 6.07 Å². The highest BCUT2D eigenvalue weighted by Crippen LogP contribution is 2.19. The fraction of sp³-hybridized carbons (Fsp3) is 0.200. The molecule has 0 aromatic carbocycles. The van der Waals surface area contributed by atoms with E-state index in [1.807, 2.05) is 0 Å². The molecule has 0 saturated carbocycles. The predicted octanol–water partition coefficient (Wildman–Crippen LogP) is 2.78. The lowest BCUT2D eigenvalue weighted by Gasteiger charge is -2.08. The highest BCUT2D eigenvalue weighted by atomic mass is 35.5. The van der Waals surface area contributed by atoms with Gasteiger partial charge in [0.25, 0.3) is 5.91 Å². The maximum absolute atomic E-state index is 12.0. The summed E-state index contributed by atoms with van der Waals surface area (Å²) in [6, 6.07) is 2.55. The van der Waals surface area contributed by atoms with Gasteiger partial charge in [0.15, 0.2) is 6.61 Å². The lowest BCUT2D eigenvalue weighted by Crippen LogP contribution is -2.19. The van der Waals surface area contributed by atoms with Crippen LogP contribution in [-0.4, -0.2) is 33.9 Å². The fourth-order valence-corrected chi connectivity index (χ4v) is 1.90. The maximum Gasteiger partial charge on any atom is 0.422 e. The molecule has 1 amide bonds. The molecule has 0 bridgehead atoms. The van der Waals surface area contributed by atoms with E-state index in [1.54, 1.807) is 0 Å². The zero-order valence-electron chi connectivity index (χ0n) is 10.0. The van der Waals surface area contributed by atoms with Crippen LogP contribution in [0.5, 0.6) is 5.88 Å². The first-order valence-corrected chi connectivity index (χ1v) is 6.49. The van der Waals surface area contributed by atoms with E-state index in [4.69, 9.17) is 11.6 Å². The van der Waals surface area contributed by atoms with Crippen LogP contribution in [0.15, 0.2) is 18.3 Å². The van der Waals surface area contributed by atoms with E-state index in [9.17, 15) is 18.0 Å². The van der Waals surface area contributed by atoms with Crippen LogP contribution in [0.4, 0.5) is 18.9 Å². The largest absolute Gasteiger partial charge is 0.468 e. The number of hydrogen-bond donors (Lipinski definition) is 1. The van der Waals surface area contributed by atoms with Gasteiger partial charge in [-0.15, -0.1) is 10.2 Å². The number of alkyl halides is 3. The molecule has 2 aromatic heterocycles. The summed E-state index contributed by atoms with van der Waals surface area (Å²) < 4.78 is 40.4. The summed E-state index contributed by atoms with van der Waals surface area (Å²) in [5, 5.41) is 9.51. The average molecular weight is 339 g/mol. The molecule has 1 N–H and O–H groups in total. The first-order valence-electron chi connectivity index (χ1n) is 5.29. The third-order valence-electron chi connectivity index (χ3n) is 1.97. The Morgan fingerprint density at radius 2 is 2.14 bits per heavy atom. The second-order valence-corrected chi connectivity index (χ2v) is 5.16. The van der Waals surface area contributed by atoms with Crippen molar-refractivity contribution in [3.8, 4) is 5.88 Å². The number of amides is 1. The van der Waals surface area contributed by atoms with Crippen molar-refractivity contribution in [3.05, 3.63) is 27.8 Å². The molecule has 112 valence electrons. The Labute approximate surface area is 124 Å². The third kappa shape index (κ3) is 4.83. The van der Waals surface area contributed by atoms with E-state index in [0.717, 1.165) is 17.5 Å². The van der Waals surface area contributed by atoms with Crippen molar-refractivity contribution >= 4 is 34.5 Å². The van der Waals surface area contributed by atoms with Gasteiger partial charge in [-0.3, -0.25) is 4.79 Å². The second-order valence-electron chi connectivity index (χ2n) is 3.60. The van der Waals surface area contributed by atoms with Gasteiger partial charge in [0.1, 0.15) is 0 Å². The Hall–Kier alpha value is -1.94. The number of ether oxygens (including phenoxy) is 1. The molecule has 0 aliphatic heterocycles. The van der Waals surface area contributed by atoms with Crippen molar-refractivity contribution in [1.82, 2.24) is 15.2 Å². The molecule has 0 aliphatic rings. The molecule has 2 heterocycles. The SMILES string of the molecule is O=C(Nc1ccc(OCC(F)(F)F)nc1)c1nnc(Cl)s1. The number of aromatic nitrogens is 3. The quantitative estimate of drug-likeness (QED) is 0.927. The number of nitrogens with zero attached hydrogens (tertiary/aromatic N) is 3. The van der Waals surface area contributed by atoms with Crippen LogP contribution in [0.3, 0.4) is 0 Å². The van der Waals surface area contributed by atoms with Gasteiger partial charge in [0.05, 0.1) is 11.9 Å². The number of halogens is 4. The van der Waals surface area contributed by atoms with E-state index < -0.39 is 18.7 Å². The third-order valence-corrected chi connectivity index (χ3v) is 2.99. The molecule has 0 atom stereocenters. The van der Waals surface area contributed by atoms with Crippen LogP contribution in [0.2, 0.25) is 4.47 Å². The van der Waals surface area contributed by atoms with Crippen LogP contribution >= 0.6 is 22.9 Å². The fourth-order valence-electron chi connectivity index (χ4n) is 1.18. The lowest BCUT2D eigenvalue weighted by atomic mass is 10.4. The van der Waals surface area contributed by atoms with Gasteiger partial charge in [-0.1, -0.05) is 11.3 Å². The van der Waals surface area contributed by atoms with Crippen molar-refractivity contribution in [2.24, 2.45) is 0 Å². The van der Waals surface area contributed by atoms with Gasteiger partial charge in [0.2, 0.25) is 15.4 Å². The van der Waals surface area contributed by atoms with E-state index in [2.05, 4.69) is 25.2 Å². The molecule has 0 saturated heterocycles. The molecule has 0 unspecified atom stereocenters. The maximum atomic E-state index is 12.0. The average Bonchev–Trinajstić information content (AvgIpc) is 2.84. The minimum absolute atomic E-state index is 0.0531. The molecule has 2 rings (SSSR count). The Balaban J connectivity index is 1.94. The summed E-state index contributed by atoms with van der Waals surface area (Å²) in [5.74, 6) is -0.755. The predicted molar refractivity (Wildman–Crippen MR) is 68.7 cm³/mol. The summed E-state index contributed by atoms with van der Waals surface area (Å²) in [4.78, 5) is 15.3. The molecule has 0 fully saturated rings. The zero-order valence-corrected chi connectivity index (χ0v) is 11.6. The second kappa shape index (κ2) is 6.22. The monoisotopic (exact) mass is 338 g/mol. The smallest absolute Gasteiger partial charge is 0.422 e. The minimum atomic E-state index is -4.44. The van der Waals surface area contributed by atoms with E-state index in [-0.39, 0.29) is 21.0 Å². The Kier molecular flexibility index (Phi) is 4.58. The number of hydrogen-bond acceptors (Lipinski definition) is 6. The van der Waals surface area contributed by atoms with Gasteiger partial charge in [-0.05, 0) is 17.7 Å². The normalized spacial score (nSPS) is 11.2. The molecule has 21 heavy (non-hydrogen) atoms. The molecule has 0 aliphatic carbocycles. The Morgan fingerprint density at radius 3 is 2.67 bits per heavy atom.